The zero-order valence-corrected chi connectivity index (χ0v) is 15.2. The first-order chi connectivity index (χ1) is 11.6. The van der Waals surface area contributed by atoms with Crippen molar-refractivity contribution < 1.29 is 19.4 Å². The summed E-state index contributed by atoms with van der Waals surface area (Å²) in [4.78, 5) is 25.8. The van der Waals surface area contributed by atoms with Gasteiger partial charge in [-0.05, 0) is 37.5 Å². The van der Waals surface area contributed by atoms with Gasteiger partial charge in [-0.2, -0.15) is 0 Å². The highest BCUT2D eigenvalue weighted by Gasteiger charge is 2.29. The molecule has 1 aromatic carbocycles. The summed E-state index contributed by atoms with van der Waals surface area (Å²) in [5.74, 6) is -1.70. The molecule has 0 radical (unpaired) electrons. The first kappa shape index (κ1) is 19.2. The van der Waals surface area contributed by atoms with Crippen molar-refractivity contribution >= 4 is 19.2 Å². The first-order valence-corrected chi connectivity index (χ1v) is 9.99. The standard InChI is InChI=1S/C18H23N2O4P/c1-12-5-13(2)7-15(6-12)10-25(23,24)11-16(18(21)22)8-14-3-4-17(19)20-9-14/h3-7,9,16H,8,10-11H2,1-2H3,(H2,19,20)(H,21,22)(H,23,24). The predicted octanol–water partition coefficient (Wildman–Crippen LogP) is 2.99. The van der Waals surface area contributed by atoms with E-state index in [2.05, 4.69) is 4.98 Å². The van der Waals surface area contributed by atoms with Crippen molar-refractivity contribution in [2.24, 2.45) is 5.92 Å². The summed E-state index contributed by atoms with van der Waals surface area (Å²) >= 11 is 0. The lowest BCUT2D eigenvalue weighted by Gasteiger charge is -2.18. The Hall–Kier alpha value is -2.17. The Kier molecular flexibility index (Phi) is 5.98. The summed E-state index contributed by atoms with van der Waals surface area (Å²) in [6.07, 6.45) is 1.33. The van der Waals surface area contributed by atoms with E-state index in [4.69, 9.17) is 5.73 Å². The summed E-state index contributed by atoms with van der Waals surface area (Å²) in [6, 6.07) is 8.97. The average Bonchev–Trinajstić information content (AvgIpc) is 2.46. The average molecular weight is 362 g/mol. The van der Waals surface area contributed by atoms with Crippen molar-refractivity contribution in [2.45, 2.75) is 26.4 Å². The second-order valence-electron chi connectivity index (χ2n) is 6.51. The van der Waals surface area contributed by atoms with E-state index in [1.165, 1.54) is 6.20 Å². The van der Waals surface area contributed by atoms with E-state index in [-0.39, 0.29) is 18.7 Å². The number of nitrogens with zero attached hydrogens (tertiary/aromatic N) is 1. The third kappa shape index (κ3) is 6.00. The Morgan fingerprint density at radius 3 is 2.36 bits per heavy atom. The molecular formula is C18H23N2O4P. The highest BCUT2D eigenvalue weighted by Crippen LogP contribution is 2.46. The lowest BCUT2D eigenvalue weighted by molar-refractivity contribution is -0.141. The molecule has 0 aliphatic rings. The largest absolute Gasteiger partial charge is 0.481 e. The quantitative estimate of drug-likeness (QED) is 0.653. The van der Waals surface area contributed by atoms with Gasteiger partial charge in [-0.3, -0.25) is 9.36 Å². The van der Waals surface area contributed by atoms with Crippen molar-refractivity contribution in [3.63, 3.8) is 0 Å². The van der Waals surface area contributed by atoms with Crippen LogP contribution in [0.3, 0.4) is 0 Å². The summed E-state index contributed by atoms with van der Waals surface area (Å²) in [6.45, 7) is 3.85. The summed E-state index contributed by atoms with van der Waals surface area (Å²) in [7, 11) is -3.64. The van der Waals surface area contributed by atoms with Crippen LogP contribution >= 0.6 is 7.37 Å². The summed E-state index contributed by atoms with van der Waals surface area (Å²) in [5.41, 5.74) is 8.97. The van der Waals surface area contributed by atoms with E-state index in [1.807, 2.05) is 32.0 Å². The molecule has 2 rings (SSSR count). The van der Waals surface area contributed by atoms with Gasteiger partial charge in [-0.25, -0.2) is 4.98 Å². The predicted molar refractivity (Wildman–Crippen MR) is 97.8 cm³/mol. The van der Waals surface area contributed by atoms with Gasteiger partial charge in [0.05, 0.1) is 5.92 Å². The third-order valence-electron chi connectivity index (χ3n) is 3.90. The number of hydrogen-bond acceptors (Lipinski definition) is 4. The van der Waals surface area contributed by atoms with E-state index in [0.29, 0.717) is 11.4 Å². The van der Waals surface area contributed by atoms with Crippen molar-refractivity contribution in [3.05, 3.63) is 58.8 Å². The van der Waals surface area contributed by atoms with Crippen LogP contribution in [-0.2, 0) is 21.9 Å². The molecule has 25 heavy (non-hydrogen) atoms. The van der Waals surface area contributed by atoms with Gasteiger partial charge in [0.1, 0.15) is 5.82 Å². The van der Waals surface area contributed by atoms with Crippen LogP contribution in [0, 0.1) is 19.8 Å². The van der Waals surface area contributed by atoms with Crippen LogP contribution in [-0.4, -0.2) is 27.1 Å². The third-order valence-corrected chi connectivity index (χ3v) is 5.77. The highest BCUT2D eigenvalue weighted by molar-refractivity contribution is 7.57. The van der Waals surface area contributed by atoms with Crippen LogP contribution in [0.15, 0.2) is 36.5 Å². The Labute approximate surface area is 147 Å². The fourth-order valence-corrected chi connectivity index (χ4v) is 4.78. The molecule has 2 aromatic rings. The molecule has 7 heteroatoms. The molecular weight excluding hydrogens is 339 g/mol. The molecule has 0 aliphatic carbocycles. The van der Waals surface area contributed by atoms with Crippen LogP contribution in [0.2, 0.25) is 0 Å². The number of carboxylic acid groups (broad SMARTS) is 1. The number of nitrogens with two attached hydrogens (primary N) is 1. The Morgan fingerprint density at radius 1 is 1.20 bits per heavy atom. The number of benzene rings is 1. The lowest BCUT2D eigenvalue weighted by atomic mass is 10.0. The number of aryl methyl sites for hydroxylation is 2. The number of aliphatic carboxylic acids is 1. The lowest BCUT2D eigenvalue weighted by Crippen LogP contribution is -2.21. The van der Waals surface area contributed by atoms with Gasteiger partial charge in [0.15, 0.2) is 0 Å². The molecule has 0 spiro atoms. The smallest absolute Gasteiger partial charge is 0.307 e. The molecule has 0 aliphatic heterocycles. The second-order valence-corrected chi connectivity index (χ2v) is 8.89. The molecule has 6 nitrogen and oxygen atoms in total. The number of pyridine rings is 1. The van der Waals surface area contributed by atoms with Crippen LogP contribution in [0.5, 0.6) is 0 Å². The Balaban J connectivity index is 2.12. The van der Waals surface area contributed by atoms with Crippen LogP contribution in [0.4, 0.5) is 5.82 Å². The van der Waals surface area contributed by atoms with Gasteiger partial charge < -0.3 is 15.7 Å². The topological polar surface area (TPSA) is 114 Å². The fourth-order valence-electron chi connectivity index (χ4n) is 2.93. The zero-order valence-electron chi connectivity index (χ0n) is 14.3. The van der Waals surface area contributed by atoms with E-state index >= 15 is 0 Å². The highest BCUT2D eigenvalue weighted by atomic mass is 31.2. The molecule has 0 saturated carbocycles. The van der Waals surface area contributed by atoms with Crippen LogP contribution in [0.1, 0.15) is 22.3 Å². The molecule has 0 fully saturated rings. The molecule has 134 valence electrons. The van der Waals surface area contributed by atoms with Crippen molar-refractivity contribution in [1.29, 1.82) is 0 Å². The van der Waals surface area contributed by atoms with Crippen LogP contribution < -0.4 is 5.73 Å². The molecule has 2 atom stereocenters. The second kappa shape index (κ2) is 7.81. The molecule has 0 amide bonds. The minimum atomic E-state index is -3.64. The van der Waals surface area contributed by atoms with Crippen molar-refractivity contribution in [2.75, 3.05) is 11.9 Å². The van der Waals surface area contributed by atoms with Gasteiger partial charge in [-0.15, -0.1) is 0 Å². The minimum absolute atomic E-state index is 0.0285. The fraction of sp³-hybridized carbons (Fsp3) is 0.333. The van der Waals surface area contributed by atoms with E-state index in [1.54, 1.807) is 12.1 Å². The summed E-state index contributed by atoms with van der Waals surface area (Å²) in [5, 5.41) is 9.43. The van der Waals surface area contributed by atoms with Crippen molar-refractivity contribution in [3.8, 4) is 0 Å². The monoisotopic (exact) mass is 362 g/mol. The normalized spacial score (nSPS) is 14.7. The maximum absolute atomic E-state index is 12.6. The van der Waals surface area contributed by atoms with Gasteiger partial charge in [-0.1, -0.05) is 35.4 Å². The maximum Gasteiger partial charge on any atom is 0.307 e. The van der Waals surface area contributed by atoms with Crippen LogP contribution in [0.25, 0.3) is 0 Å². The molecule has 1 heterocycles. The minimum Gasteiger partial charge on any atom is -0.481 e. The van der Waals surface area contributed by atoms with Gasteiger partial charge in [0, 0.05) is 18.5 Å². The Morgan fingerprint density at radius 2 is 1.84 bits per heavy atom. The molecule has 0 bridgehead atoms. The van der Waals surface area contributed by atoms with Crippen molar-refractivity contribution in [1.82, 2.24) is 4.98 Å². The Bertz CT molecular complexity index is 785. The molecule has 2 unspecified atom stereocenters. The maximum atomic E-state index is 12.6. The molecule has 4 N–H and O–H groups in total. The number of carbonyl (C=O) groups is 1. The number of anilines is 1. The summed E-state index contributed by atoms with van der Waals surface area (Å²) < 4.78 is 12.6. The van der Waals surface area contributed by atoms with E-state index in [9.17, 15) is 19.4 Å². The molecule has 1 aromatic heterocycles. The zero-order chi connectivity index (χ0) is 18.6. The SMILES string of the molecule is Cc1cc(C)cc(CP(=O)(O)CC(Cc2ccc(N)nc2)C(=O)O)c1. The molecule has 0 saturated heterocycles. The number of carboxylic acids is 1. The van der Waals surface area contributed by atoms with Gasteiger partial charge >= 0.3 is 5.97 Å². The van der Waals surface area contributed by atoms with E-state index in [0.717, 1.165) is 16.7 Å². The first-order valence-electron chi connectivity index (χ1n) is 7.96. The number of nitrogen functional groups attached to an aromatic ring is 1. The van der Waals surface area contributed by atoms with Gasteiger partial charge in [0.25, 0.3) is 0 Å². The van der Waals surface area contributed by atoms with E-state index < -0.39 is 19.3 Å². The number of hydrogen-bond donors (Lipinski definition) is 3. The van der Waals surface area contributed by atoms with Gasteiger partial charge in [0.2, 0.25) is 7.37 Å². The number of rotatable bonds is 7. The number of aromatic nitrogens is 1.